The quantitative estimate of drug-likeness (QED) is 0.752. The summed E-state index contributed by atoms with van der Waals surface area (Å²) in [4.78, 5) is 12.0. The fourth-order valence-corrected chi connectivity index (χ4v) is 2.19. The van der Waals surface area contributed by atoms with Gasteiger partial charge in [-0.05, 0) is 47.4 Å². The van der Waals surface area contributed by atoms with Crippen LogP contribution in [0.4, 0.5) is 5.69 Å². The lowest BCUT2D eigenvalue weighted by atomic mass is 9.87. The van der Waals surface area contributed by atoms with Crippen molar-refractivity contribution in [3.63, 3.8) is 0 Å². The summed E-state index contributed by atoms with van der Waals surface area (Å²) < 4.78 is 10.9. The number of ether oxygens (including phenoxy) is 2. The zero-order valence-corrected chi connectivity index (χ0v) is 15.0. The van der Waals surface area contributed by atoms with Gasteiger partial charge in [-0.25, -0.2) is 0 Å². The summed E-state index contributed by atoms with van der Waals surface area (Å²) in [6.45, 7) is 10.5. The first-order chi connectivity index (χ1) is 11.9. The molecule has 2 rings (SSSR count). The molecule has 25 heavy (non-hydrogen) atoms. The van der Waals surface area contributed by atoms with Crippen LogP contribution in [0.2, 0.25) is 0 Å². The minimum absolute atomic E-state index is 0.0381. The Kier molecular flexibility index (Phi) is 6.23. The third-order valence-corrected chi connectivity index (χ3v) is 3.60. The van der Waals surface area contributed by atoms with E-state index in [1.165, 1.54) is 5.56 Å². The Hall–Kier alpha value is -2.75. The van der Waals surface area contributed by atoms with E-state index in [0.717, 1.165) is 5.75 Å². The second-order valence-electron chi connectivity index (χ2n) is 6.74. The van der Waals surface area contributed by atoms with Crippen LogP contribution in [0.1, 0.15) is 26.3 Å². The van der Waals surface area contributed by atoms with E-state index in [9.17, 15) is 4.79 Å². The molecule has 0 spiro atoms. The van der Waals surface area contributed by atoms with Crippen molar-refractivity contribution in [3.05, 3.63) is 66.7 Å². The van der Waals surface area contributed by atoms with Crippen molar-refractivity contribution >= 4 is 11.6 Å². The van der Waals surface area contributed by atoms with Crippen molar-refractivity contribution in [2.24, 2.45) is 0 Å². The highest BCUT2D eigenvalue weighted by Crippen LogP contribution is 2.24. The van der Waals surface area contributed by atoms with Crippen LogP contribution in [0.5, 0.6) is 11.5 Å². The first-order valence-electron chi connectivity index (χ1n) is 8.25. The minimum Gasteiger partial charge on any atom is -0.490 e. The van der Waals surface area contributed by atoms with Gasteiger partial charge in [0.1, 0.15) is 18.1 Å². The van der Waals surface area contributed by atoms with Gasteiger partial charge in [0.05, 0.1) is 0 Å². The van der Waals surface area contributed by atoms with E-state index in [2.05, 4.69) is 32.7 Å². The van der Waals surface area contributed by atoms with Crippen LogP contribution in [-0.2, 0) is 10.2 Å². The third-order valence-electron chi connectivity index (χ3n) is 3.60. The highest BCUT2D eigenvalue weighted by atomic mass is 16.5. The molecule has 0 aromatic heterocycles. The monoisotopic (exact) mass is 339 g/mol. The lowest BCUT2D eigenvalue weighted by Crippen LogP contribution is -2.20. The SMILES string of the molecule is C=CCOc1ccc(NC(=O)COc2ccc(C(C)(C)C)cc2)cc1. The minimum atomic E-state index is -0.209. The molecule has 4 heteroatoms. The molecule has 0 bridgehead atoms. The molecule has 0 radical (unpaired) electrons. The zero-order chi connectivity index (χ0) is 18.3. The highest BCUT2D eigenvalue weighted by molar-refractivity contribution is 5.91. The van der Waals surface area contributed by atoms with E-state index in [1.54, 1.807) is 30.3 Å². The maximum Gasteiger partial charge on any atom is 0.262 e. The van der Waals surface area contributed by atoms with Crippen LogP contribution < -0.4 is 14.8 Å². The van der Waals surface area contributed by atoms with Gasteiger partial charge >= 0.3 is 0 Å². The van der Waals surface area contributed by atoms with Gasteiger partial charge in [-0.2, -0.15) is 0 Å². The zero-order valence-electron chi connectivity index (χ0n) is 15.0. The topological polar surface area (TPSA) is 47.6 Å². The van der Waals surface area contributed by atoms with E-state index in [-0.39, 0.29) is 17.9 Å². The Labute approximate surface area is 149 Å². The number of amides is 1. The molecule has 0 saturated heterocycles. The molecule has 0 unspecified atom stereocenters. The second-order valence-corrected chi connectivity index (χ2v) is 6.74. The fraction of sp³-hybridized carbons (Fsp3) is 0.286. The molecule has 0 aliphatic rings. The summed E-state index contributed by atoms with van der Waals surface area (Å²) in [5.41, 5.74) is 2.02. The van der Waals surface area contributed by atoms with Crippen LogP contribution in [0.25, 0.3) is 0 Å². The summed E-state index contributed by atoms with van der Waals surface area (Å²) in [5, 5.41) is 2.79. The molecule has 4 nitrogen and oxygen atoms in total. The summed E-state index contributed by atoms with van der Waals surface area (Å²) in [6.07, 6.45) is 1.68. The van der Waals surface area contributed by atoms with Crippen molar-refractivity contribution in [1.29, 1.82) is 0 Å². The van der Waals surface area contributed by atoms with Gasteiger partial charge in [0, 0.05) is 5.69 Å². The van der Waals surface area contributed by atoms with Gasteiger partial charge in [0.15, 0.2) is 6.61 Å². The molecular formula is C21H25NO3. The average Bonchev–Trinajstić information content (AvgIpc) is 2.59. The molecule has 0 fully saturated rings. The predicted octanol–water partition coefficient (Wildman–Crippen LogP) is 4.57. The van der Waals surface area contributed by atoms with E-state index in [1.807, 2.05) is 24.3 Å². The van der Waals surface area contributed by atoms with E-state index >= 15 is 0 Å². The van der Waals surface area contributed by atoms with Crippen LogP contribution >= 0.6 is 0 Å². The van der Waals surface area contributed by atoms with E-state index in [0.29, 0.717) is 18.0 Å². The first-order valence-corrected chi connectivity index (χ1v) is 8.25. The van der Waals surface area contributed by atoms with Gasteiger partial charge < -0.3 is 14.8 Å². The number of carbonyl (C=O) groups is 1. The maximum atomic E-state index is 12.0. The Morgan fingerprint density at radius 2 is 1.56 bits per heavy atom. The fourth-order valence-electron chi connectivity index (χ4n) is 2.19. The van der Waals surface area contributed by atoms with Crippen LogP contribution in [0, 0.1) is 0 Å². The molecule has 0 saturated carbocycles. The predicted molar refractivity (Wildman–Crippen MR) is 101 cm³/mol. The van der Waals surface area contributed by atoms with Gasteiger partial charge in [-0.15, -0.1) is 0 Å². The molecule has 0 heterocycles. The smallest absolute Gasteiger partial charge is 0.262 e. The van der Waals surface area contributed by atoms with Crippen molar-refractivity contribution in [2.45, 2.75) is 26.2 Å². The van der Waals surface area contributed by atoms with Crippen LogP contribution in [0.3, 0.4) is 0 Å². The molecule has 2 aromatic carbocycles. The van der Waals surface area contributed by atoms with Crippen molar-refractivity contribution in [3.8, 4) is 11.5 Å². The van der Waals surface area contributed by atoms with Gasteiger partial charge in [0.2, 0.25) is 0 Å². The highest BCUT2D eigenvalue weighted by Gasteiger charge is 2.13. The summed E-state index contributed by atoms with van der Waals surface area (Å²) in [7, 11) is 0. The lowest BCUT2D eigenvalue weighted by molar-refractivity contribution is -0.118. The number of nitrogens with one attached hydrogen (secondary N) is 1. The summed E-state index contributed by atoms with van der Waals surface area (Å²) >= 11 is 0. The molecule has 1 N–H and O–H groups in total. The molecule has 2 aromatic rings. The average molecular weight is 339 g/mol. The Morgan fingerprint density at radius 1 is 1.00 bits per heavy atom. The van der Waals surface area contributed by atoms with Crippen molar-refractivity contribution in [2.75, 3.05) is 18.5 Å². The molecule has 0 atom stereocenters. The Bertz CT molecular complexity index is 697. The van der Waals surface area contributed by atoms with Gasteiger partial charge in [-0.1, -0.05) is 45.6 Å². The Morgan fingerprint density at radius 3 is 2.12 bits per heavy atom. The second kappa shape index (κ2) is 8.38. The first kappa shape index (κ1) is 18.6. The number of rotatable bonds is 7. The molecule has 1 amide bonds. The number of benzene rings is 2. The normalized spacial score (nSPS) is 10.8. The largest absolute Gasteiger partial charge is 0.490 e. The van der Waals surface area contributed by atoms with Gasteiger partial charge in [0.25, 0.3) is 5.91 Å². The molecule has 0 aliphatic heterocycles. The van der Waals surface area contributed by atoms with Crippen molar-refractivity contribution in [1.82, 2.24) is 0 Å². The third kappa shape index (κ3) is 5.99. The summed E-state index contributed by atoms with van der Waals surface area (Å²) in [5.74, 6) is 1.20. The number of hydrogen-bond acceptors (Lipinski definition) is 3. The number of carbonyl (C=O) groups excluding carboxylic acids is 1. The summed E-state index contributed by atoms with van der Waals surface area (Å²) in [6, 6.07) is 15.0. The Balaban J connectivity index is 1.83. The maximum absolute atomic E-state index is 12.0. The molecule has 0 aliphatic carbocycles. The van der Waals surface area contributed by atoms with Gasteiger partial charge in [-0.3, -0.25) is 4.79 Å². The van der Waals surface area contributed by atoms with Crippen LogP contribution in [0.15, 0.2) is 61.2 Å². The van der Waals surface area contributed by atoms with Crippen molar-refractivity contribution < 1.29 is 14.3 Å². The number of hydrogen-bond donors (Lipinski definition) is 1. The molecule has 132 valence electrons. The number of anilines is 1. The standard InChI is InChI=1S/C21H25NO3/c1-5-14-24-18-12-8-17(9-13-18)22-20(23)15-25-19-10-6-16(7-11-19)21(2,3)4/h5-13H,1,14-15H2,2-4H3,(H,22,23). The van der Waals surface area contributed by atoms with E-state index in [4.69, 9.17) is 9.47 Å². The molecular weight excluding hydrogens is 314 g/mol. The van der Waals surface area contributed by atoms with Crippen LogP contribution in [-0.4, -0.2) is 19.1 Å². The van der Waals surface area contributed by atoms with E-state index < -0.39 is 0 Å². The lowest BCUT2D eigenvalue weighted by Gasteiger charge is -2.19.